The zero-order valence-electron chi connectivity index (χ0n) is 16.0. The molecule has 0 aliphatic heterocycles. The van der Waals surface area contributed by atoms with E-state index in [2.05, 4.69) is 4.98 Å². The molecule has 0 fully saturated rings. The van der Waals surface area contributed by atoms with Crippen LogP contribution in [0.3, 0.4) is 0 Å². The number of hydrogen-bond donors (Lipinski definition) is 0. The molecule has 3 aromatic rings. The lowest BCUT2D eigenvalue weighted by atomic mass is 10.2. The topological polar surface area (TPSA) is 59.5 Å². The summed E-state index contributed by atoms with van der Waals surface area (Å²) in [5.74, 6) is 0.109. The first-order valence-electron chi connectivity index (χ1n) is 9.01. The minimum atomic E-state index is -0.481. The lowest BCUT2D eigenvalue weighted by Crippen LogP contribution is -2.33. The molecule has 0 saturated carbocycles. The fourth-order valence-corrected chi connectivity index (χ4v) is 4.53. The molecular formula is C21H22N2O3S2. The maximum atomic E-state index is 12.5. The Kier molecular flexibility index (Phi) is 6.70. The second kappa shape index (κ2) is 9.21. The number of hydrogen-bond acceptors (Lipinski definition) is 6. The molecule has 0 saturated heterocycles. The van der Waals surface area contributed by atoms with Crippen LogP contribution in [0.5, 0.6) is 0 Å². The Balaban J connectivity index is 1.63. The molecule has 5 nitrogen and oxygen atoms in total. The zero-order chi connectivity index (χ0) is 20.1. The molecule has 0 radical (unpaired) electrons. The molecule has 1 atom stereocenters. The van der Waals surface area contributed by atoms with Gasteiger partial charge in [0.1, 0.15) is 5.01 Å². The summed E-state index contributed by atoms with van der Waals surface area (Å²) in [4.78, 5) is 32.0. The highest BCUT2D eigenvalue weighted by molar-refractivity contribution is 7.99. The van der Waals surface area contributed by atoms with Gasteiger partial charge in [0.25, 0.3) is 5.91 Å². The van der Waals surface area contributed by atoms with Crippen molar-refractivity contribution < 1.29 is 14.3 Å². The molecule has 1 amide bonds. The molecule has 0 aliphatic carbocycles. The van der Waals surface area contributed by atoms with Crippen molar-refractivity contribution in [2.45, 2.75) is 24.8 Å². The van der Waals surface area contributed by atoms with Gasteiger partial charge in [0.2, 0.25) is 0 Å². The van der Waals surface area contributed by atoms with E-state index in [1.807, 2.05) is 50.2 Å². The largest absolute Gasteiger partial charge is 0.452 e. The Morgan fingerprint density at radius 2 is 1.89 bits per heavy atom. The van der Waals surface area contributed by atoms with Crippen molar-refractivity contribution in [2.75, 3.05) is 19.4 Å². The van der Waals surface area contributed by atoms with Crippen LogP contribution in [-0.2, 0) is 9.53 Å². The molecule has 2 aromatic carbocycles. The molecule has 28 heavy (non-hydrogen) atoms. The van der Waals surface area contributed by atoms with Crippen LogP contribution in [0, 0.1) is 0 Å². The first-order valence-corrected chi connectivity index (χ1v) is 10.8. The third kappa shape index (κ3) is 4.54. The number of amides is 1. The quantitative estimate of drug-likeness (QED) is 0.411. The Bertz CT molecular complexity index is 953. The number of para-hydroxylation sites is 1. The number of esters is 1. The van der Waals surface area contributed by atoms with Gasteiger partial charge < -0.3 is 9.64 Å². The molecule has 7 heteroatoms. The summed E-state index contributed by atoms with van der Waals surface area (Å²) in [6.07, 6.45) is 0. The van der Waals surface area contributed by atoms with Gasteiger partial charge in [-0.3, -0.25) is 4.79 Å². The van der Waals surface area contributed by atoms with Gasteiger partial charge in [0, 0.05) is 11.9 Å². The van der Waals surface area contributed by atoms with E-state index in [1.54, 1.807) is 47.2 Å². The number of carbonyl (C=O) groups excluding carboxylic acids is 2. The molecule has 0 spiro atoms. The van der Waals surface area contributed by atoms with Crippen molar-refractivity contribution >= 4 is 45.2 Å². The minimum Gasteiger partial charge on any atom is -0.452 e. The standard InChI is InChI=1S/C21H22N2O3S2/c1-4-27-17-11-7-5-9-15(17)21(25)26-13-19(24)23(3)14(2)20-22-16-10-6-8-12-18(16)28-20/h5-12,14H,4,13H2,1-3H3/t14-/m0/s1. The SMILES string of the molecule is CCSc1ccccc1C(=O)OCC(=O)N(C)[C@@H](C)c1nc2ccccc2s1. The summed E-state index contributed by atoms with van der Waals surface area (Å²) in [5.41, 5.74) is 1.41. The first kappa shape index (κ1) is 20.4. The smallest absolute Gasteiger partial charge is 0.339 e. The molecule has 0 N–H and O–H groups in total. The predicted molar refractivity (Wildman–Crippen MR) is 114 cm³/mol. The van der Waals surface area contributed by atoms with Gasteiger partial charge in [-0.1, -0.05) is 31.2 Å². The number of thiazole rings is 1. The second-order valence-corrected chi connectivity index (χ2v) is 8.57. The summed E-state index contributed by atoms with van der Waals surface area (Å²) in [7, 11) is 1.70. The number of nitrogens with zero attached hydrogens (tertiary/aromatic N) is 2. The summed E-state index contributed by atoms with van der Waals surface area (Å²) in [6, 6.07) is 15.0. The summed E-state index contributed by atoms with van der Waals surface area (Å²) >= 11 is 3.14. The van der Waals surface area contributed by atoms with E-state index >= 15 is 0 Å². The van der Waals surface area contributed by atoms with Crippen LogP contribution < -0.4 is 0 Å². The summed E-state index contributed by atoms with van der Waals surface area (Å²) in [6.45, 7) is 3.65. The average molecular weight is 415 g/mol. The molecular weight excluding hydrogens is 392 g/mol. The fourth-order valence-electron chi connectivity index (χ4n) is 2.67. The molecule has 0 bridgehead atoms. The highest BCUT2D eigenvalue weighted by Gasteiger charge is 2.22. The van der Waals surface area contributed by atoms with E-state index in [1.165, 1.54) is 0 Å². The first-order chi connectivity index (χ1) is 13.5. The van der Waals surface area contributed by atoms with Crippen molar-refractivity contribution in [3.05, 3.63) is 59.1 Å². The molecule has 1 aromatic heterocycles. The maximum Gasteiger partial charge on any atom is 0.339 e. The van der Waals surface area contributed by atoms with Crippen LogP contribution >= 0.6 is 23.1 Å². The van der Waals surface area contributed by atoms with Gasteiger partial charge in [0.15, 0.2) is 6.61 Å². The molecule has 146 valence electrons. The number of aromatic nitrogens is 1. The molecule has 1 heterocycles. The Morgan fingerprint density at radius 3 is 2.64 bits per heavy atom. The molecule has 0 unspecified atom stereocenters. The van der Waals surface area contributed by atoms with Crippen LogP contribution in [-0.4, -0.2) is 41.2 Å². The predicted octanol–water partition coefficient (Wildman–Crippen LogP) is 4.78. The second-order valence-electron chi connectivity index (χ2n) is 6.21. The third-order valence-electron chi connectivity index (χ3n) is 4.38. The van der Waals surface area contributed by atoms with Crippen molar-refractivity contribution in [2.24, 2.45) is 0 Å². The third-order valence-corrected chi connectivity index (χ3v) is 6.54. The van der Waals surface area contributed by atoms with Gasteiger partial charge >= 0.3 is 5.97 Å². The van der Waals surface area contributed by atoms with Gasteiger partial charge in [0.05, 0.1) is 21.8 Å². The summed E-state index contributed by atoms with van der Waals surface area (Å²) < 4.78 is 6.37. The van der Waals surface area contributed by atoms with Gasteiger partial charge in [-0.15, -0.1) is 23.1 Å². The highest BCUT2D eigenvalue weighted by Crippen LogP contribution is 2.29. The molecule has 3 rings (SSSR count). The van der Waals surface area contributed by atoms with E-state index in [4.69, 9.17) is 4.74 Å². The number of ether oxygens (including phenoxy) is 1. The summed E-state index contributed by atoms with van der Waals surface area (Å²) in [5, 5.41) is 0.855. The number of fused-ring (bicyclic) bond motifs is 1. The van der Waals surface area contributed by atoms with E-state index in [9.17, 15) is 9.59 Å². The van der Waals surface area contributed by atoms with Crippen molar-refractivity contribution in [1.82, 2.24) is 9.88 Å². The number of rotatable bonds is 7. The van der Waals surface area contributed by atoms with E-state index in [0.717, 1.165) is 25.9 Å². The number of carbonyl (C=O) groups is 2. The van der Waals surface area contributed by atoms with E-state index in [0.29, 0.717) is 5.56 Å². The zero-order valence-corrected chi connectivity index (χ0v) is 17.7. The fraction of sp³-hybridized carbons (Fsp3) is 0.286. The van der Waals surface area contributed by atoms with Crippen molar-refractivity contribution in [1.29, 1.82) is 0 Å². The number of likely N-dealkylation sites (N-methyl/N-ethyl adjacent to an activating group) is 1. The lowest BCUT2D eigenvalue weighted by Gasteiger charge is -2.23. The van der Waals surface area contributed by atoms with Crippen LogP contribution in [0.15, 0.2) is 53.4 Å². The number of benzene rings is 2. The van der Waals surface area contributed by atoms with E-state index < -0.39 is 5.97 Å². The monoisotopic (exact) mass is 414 g/mol. The Labute approximate surface area is 172 Å². The molecule has 0 aliphatic rings. The Morgan fingerprint density at radius 1 is 1.18 bits per heavy atom. The average Bonchev–Trinajstić information content (AvgIpc) is 3.15. The van der Waals surface area contributed by atoms with Gasteiger partial charge in [-0.25, -0.2) is 9.78 Å². The van der Waals surface area contributed by atoms with Crippen molar-refractivity contribution in [3.8, 4) is 0 Å². The maximum absolute atomic E-state index is 12.5. The highest BCUT2D eigenvalue weighted by atomic mass is 32.2. The number of thioether (sulfide) groups is 1. The van der Waals surface area contributed by atoms with Crippen LogP contribution in [0.2, 0.25) is 0 Å². The van der Waals surface area contributed by atoms with Gasteiger partial charge in [-0.2, -0.15) is 0 Å². The van der Waals surface area contributed by atoms with Gasteiger partial charge in [-0.05, 0) is 36.9 Å². The van der Waals surface area contributed by atoms with Crippen LogP contribution in [0.1, 0.15) is 35.3 Å². The Hall–Kier alpha value is -2.38. The minimum absolute atomic E-state index is 0.202. The van der Waals surface area contributed by atoms with E-state index in [-0.39, 0.29) is 18.6 Å². The normalized spacial score (nSPS) is 12.0. The van der Waals surface area contributed by atoms with Crippen molar-refractivity contribution in [3.63, 3.8) is 0 Å². The van der Waals surface area contributed by atoms with Crippen LogP contribution in [0.25, 0.3) is 10.2 Å². The lowest BCUT2D eigenvalue weighted by molar-refractivity contribution is -0.135. The van der Waals surface area contributed by atoms with Crippen LogP contribution in [0.4, 0.5) is 0 Å².